The second kappa shape index (κ2) is 7.08. The van der Waals surface area contributed by atoms with E-state index in [1.54, 1.807) is 12.4 Å². The van der Waals surface area contributed by atoms with Crippen molar-refractivity contribution in [1.29, 1.82) is 0 Å². The Morgan fingerprint density at radius 3 is 2.67 bits per heavy atom. The number of carbonyl (C=O) groups is 1. The van der Waals surface area contributed by atoms with E-state index in [9.17, 15) is 4.79 Å². The van der Waals surface area contributed by atoms with Crippen LogP contribution in [0.5, 0.6) is 0 Å². The Kier molecular flexibility index (Phi) is 4.70. The maximum absolute atomic E-state index is 11.0. The summed E-state index contributed by atoms with van der Waals surface area (Å²) < 4.78 is 0. The van der Waals surface area contributed by atoms with Gasteiger partial charge in [0, 0.05) is 37.1 Å². The molecular weight excluding hydrogens is 302 g/mol. The topological polar surface area (TPSA) is 66.3 Å². The zero-order valence-electron chi connectivity index (χ0n) is 13.5. The second-order valence-corrected chi connectivity index (χ2v) is 5.75. The maximum atomic E-state index is 11.0. The van der Waals surface area contributed by atoms with Crippen LogP contribution in [0.2, 0.25) is 0 Å². The van der Waals surface area contributed by atoms with Crippen LogP contribution in [0, 0.1) is 0 Å². The molecule has 0 amide bonds. The van der Waals surface area contributed by atoms with Crippen LogP contribution in [-0.4, -0.2) is 34.6 Å². The molecule has 24 heavy (non-hydrogen) atoms. The minimum Gasteiger partial charge on any atom is -0.481 e. The van der Waals surface area contributed by atoms with Gasteiger partial charge in [-0.05, 0) is 36.2 Å². The highest BCUT2D eigenvalue weighted by atomic mass is 16.4. The van der Waals surface area contributed by atoms with Crippen LogP contribution in [0.15, 0.2) is 54.9 Å². The number of hydrogen-bond acceptors (Lipinski definition) is 4. The number of benzene rings is 1. The number of nitrogens with zero attached hydrogens (tertiary/aromatic N) is 3. The molecule has 1 aromatic carbocycles. The first-order valence-electron chi connectivity index (χ1n) is 7.84. The summed E-state index contributed by atoms with van der Waals surface area (Å²) >= 11 is 0. The lowest BCUT2D eigenvalue weighted by Crippen LogP contribution is -2.21. The highest BCUT2D eigenvalue weighted by Gasteiger charge is 2.11. The van der Waals surface area contributed by atoms with Crippen molar-refractivity contribution in [3.8, 4) is 0 Å². The number of anilines is 1. The van der Waals surface area contributed by atoms with E-state index in [0.29, 0.717) is 5.69 Å². The molecule has 3 rings (SSSR count). The van der Waals surface area contributed by atoms with Gasteiger partial charge in [-0.3, -0.25) is 14.8 Å². The third kappa shape index (κ3) is 3.68. The molecule has 0 aliphatic carbocycles. The number of carboxylic acids is 1. The summed E-state index contributed by atoms with van der Waals surface area (Å²) in [6.45, 7) is 0.824. The van der Waals surface area contributed by atoms with Gasteiger partial charge in [0.25, 0.3) is 0 Å². The van der Waals surface area contributed by atoms with E-state index in [1.165, 1.54) is 5.56 Å². The Labute approximate surface area is 140 Å². The van der Waals surface area contributed by atoms with E-state index in [1.807, 2.05) is 49.5 Å². The smallest absolute Gasteiger partial charge is 0.309 e. The third-order valence-electron chi connectivity index (χ3n) is 3.98. The number of para-hydroxylation sites is 1. The van der Waals surface area contributed by atoms with Crippen molar-refractivity contribution in [2.45, 2.75) is 12.8 Å². The van der Waals surface area contributed by atoms with Crippen molar-refractivity contribution in [2.75, 3.05) is 18.5 Å². The molecule has 0 fully saturated rings. The van der Waals surface area contributed by atoms with Crippen LogP contribution in [0.25, 0.3) is 10.9 Å². The Morgan fingerprint density at radius 1 is 1.17 bits per heavy atom. The fraction of sp³-hybridized carbons (Fsp3) is 0.211. The largest absolute Gasteiger partial charge is 0.481 e. The molecule has 0 aliphatic heterocycles. The SMILES string of the molecule is CN(CCc1ccncc1)c1cc(CC(=O)O)nc2ccccc12. The highest BCUT2D eigenvalue weighted by molar-refractivity contribution is 5.92. The fourth-order valence-electron chi connectivity index (χ4n) is 2.74. The van der Waals surface area contributed by atoms with Gasteiger partial charge in [-0.25, -0.2) is 0 Å². The van der Waals surface area contributed by atoms with Crippen LogP contribution < -0.4 is 4.90 Å². The molecule has 5 nitrogen and oxygen atoms in total. The molecule has 1 N–H and O–H groups in total. The average molecular weight is 321 g/mol. The third-order valence-corrected chi connectivity index (χ3v) is 3.98. The molecule has 0 unspecified atom stereocenters. The quantitative estimate of drug-likeness (QED) is 0.756. The zero-order valence-corrected chi connectivity index (χ0v) is 13.5. The molecule has 3 aromatic rings. The molecule has 0 atom stereocenters. The van der Waals surface area contributed by atoms with Gasteiger partial charge < -0.3 is 10.0 Å². The Hall–Kier alpha value is -2.95. The van der Waals surface area contributed by atoms with Gasteiger partial charge in [-0.1, -0.05) is 18.2 Å². The predicted octanol–water partition coefficient (Wildman–Crippen LogP) is 2.94. The lowest BCUT2D eigenvalue weighted by atomic mass is 10.1. The van der Waals surface area contributed by atoms with E-state index in [0.717, 1.165) is 29.6 Å². The van der Waals surface area contributed by atoms with E-state index < -0.39 is 5.97 Å². The molecule has 5 heteroatoms. The second-order valence-electron chi connectivity index (χ2n) is 5.75. The van der Waals surface area contributed by atoms with Crippen molar-refractivity contribution >= 4 is 22.6 Å². The standard InChI is InChI=1S/C19H19N3O2/c1-22(11-8-14-6-9-20-10-7-14)18-12-15(13-19(23)24)21-17-5-3-2-4-16(17)18/h2-7,9-10,12H,8,11,13H2,1H3,(H,23,24). The van der Waals surface area contributed by atoms with Gasteiger partial charge in [-0.15, -0.1) is 0 Å². The summed E-state index contributed by atoms with van der Waals surface area (Å²) in [5, 5.41) is 10.1. The van der Waals surface area contributed by atoms with Gasteiger partial charge in [0.1, 0.15) is 0 Å². The molecule has 0 radical (unpaired) electrons. The molecule has 2 heterocycles. The number of aromatic nitrogens is 2. The van der Waals surface area contributed by atoms with Crippen molar-refractivity contribution in [1.82, 2.24) is 9.97 Å². The maximum Gasteiger partial charge on any atom is 0.309 e. The normalized spacial score (nSPS) is 10.7. The van der Waals surface area contributed by atoms with Crippen LogP contribution >= 0.6 is 0 Å². The first-order valence-corrected chi connectivity index (χ1v) is 7.84. The predicted molar refractivity (Wildman–Crippen MR) is 94.3 cm³/mol. The summed E-state index contributed by atoms with van der Waals surface area (Å²) in [6.07, 6.45) is 4.41. The van der Waals surface area contributed by atoms with Gasteiger partial charge >= 0.3 is 5.97 Å². The van der Waals surface area contributed by atoms with E-state index in [4.69, 9.17) is 5.11 Å². The molecule has 0 saturated heterocycles. The minimum atomic E-state index is -0.872. The Morgan fingerprint density at radius 2 is 1.92 bits per heavy atom. The number of fused-ring (bicyclic) bond motifs is 1. The van der Waals surface area contributed by atoms with E-state index in [-0.39, 0.29) is 6.42 Å². The lowest BCUT2D eigenvalue weighted by molar-refractivity contribution is -0.136. The number of hydrogen-bond donors (Lipinski definition) is 1. The van der Waals surface area contributed by atoms with E-state index in [2.05, 4.69) is 14.9 Å². The molecule has 122 valence electrons. The van der Waals surface area contributed by atoms with Crippen molar-refractivity contribution in [3.05, 3.63) is 66.1 Å². The van der Waals surface area contributed by atoms with Gasteiger partial charge in [0.05, 0.1) is 17.6 Å². The van der Waals surface area contributed by atoms with Gasteiger partial charge in [-0.2, -0.15) is 0 Å². The molecular formula is C19H19N3O2. The Balaban J connectivity index is 1.89. The van der Waals surface area contributed by atoms with Crippen molar-refractivity contribution in [3.63, 3.8) is 0 Å². The number of aliphatic carboxylic acids is 1. The monoisotopic (exact) mass is 321 g/mol. The molecule has 0 bridgehead atoms. The van der Waals surface area contributed by atoms with Crippen molar-refractivity contribution in [2.24, 2.45) is 0 Å². The zero-order chi connectivity index (χ0) is 16.9. The number of rotatable bonds is 6. The molecule has 2 aromatic heterocycles. The summed E-state index contributed by atoms with van der Waals surface area (Å²) in [4.78, 5) is 21.7. The minimum absolute atomic E-state index is 0.0734. The van der Waals surface area contributed by atoms with Gasteiger partial charge in [0.2, 0.25) is 0 Å². The fourth-order valence-corrected chi connectivity index (χ4v) is 2.74. The summed E-state index contributed by atoms with van der Waals surface area (Å²) in [6, 6.07) is 13.7. The summed E-state index contributed by atoms with van der Waals surface area (Å²) in [7, 11) is 2.02. The van der Waals surface area contributed by atoms with Crippen LogP contribution in [-0.2, 0) is 17.6 Å². The number of likely N-dealkylation sites (N-methyl/N-ethyl adjacent to an activating group) is 1. The Bertz CT molecular complexity index is 850. The molecule has 0 spiro atoms. The first-order chi connectivity index (χ1) is 11.6. The first kappa shape index (κ1) is 15.9. The van der Waals surface area contributed by atoms with Gasteiger partial charge in [0.15, 0.2) is 0 Å². The van der Waals surface area contributed by atoms with Crippen LogP contribution in [0.3, 0.4) is 0 Å². The number of pyridine rings is 2. The van der Waals surface area contributed by atoms with Crippen LogP contribution in [0.4, 0.5) is 5.69 Å². The summed E-state index contributed by atoms with van der Waals surface area (Å²) in [5.74, 6) is -0.872. The highest BCUT2D eigenvalue weighted by Crippen LogP contribution is 2.26. The van der Waals surface area contributed by atoms with Crippen molar-refractivity contribution < 1.29 is 9.90 Å². The van der Waals surface area contributed by atoms with Crippen LogP contribution in [0.1, 0.15) is 11.3 Å². The summed E-state index contributed by atoms with van der Waals surface area (Å²) in [5.41, 5.74) is 3.63. The number of carboxylic acid groups (broad SMARTS) is 1. The van der Waals surface area contributed by atoms with E-state index >= 15 is 0 Å². The molecule has 0 aliphatic rings. The lowest BCUT2D eigenvalue weighted by Gasteiger charge is -2.22. The molecule has 0 saturated carbocycles. The average Bonchev–Trinajstić information content (AvgIpc) is 2.59.